The minimum Gasteiger partial charge on any atom is -0.293 e. The Morgan fingerprint density at radius 3 is 2.47 bits per heavy atom. The maximum absolute atomic E-state index is 12.0. The zero-order valence-electron chi connectivity index (χ0n) is 8.40. The molecule has 1 spiro atoms. The first kappa shape index (κ1) is 9.22. The Labute approximate surface area is 93.6 Å². The number of hydrogen-bond acceptors (Lipinski definition) is 2. The predicted molar refractivity (Wildman–Crippen MR) is 61.7 cm³/mol. The molecule has 1 aromatic rings. The first-order chi connectivity index (χ1) is 7.30. The number of carbonyl (C=O) groups excluding carboxylic acids is 1. The number of rotatable bonds is 2. The van der Waals surface area contributed by atoms with Gasteiger partial charge in [-0.05, 0) is 31.4 Å². The third-order valence-electron chi connectivity index (χ3n) is 3.21. The predicted octanol–water partition coefficient (Wildman–Crippen LogP) is 3.42. The summed E-state index contributed by atoms with van der Waals surface area (Å²) in [6, 6.07) is 10.1. The lowest BCUT2D eigenvalue weighted by Crippen LogP contribution is -2.09. The Kier molecular flexibility index (Phi) is 1.99. The Bertz CT molecular complexity index is 429. The van der Waals surface area contributed by atoms with Crippen molar-refractivity contribution in [2.24, 2.45) is 5.41 Å². The van der Waals surface area contributed by atoms with Crippen LogP contribution >= 0.6 is 11.8 Å². The van der Waals surface area contributed by atoms with E-state index in [0.29, 0.717) is 5.78 Å². The van der Waals surface area contributed by atoms with E-state index < -0.39 is 0 Å². The minimum atomic E-state index is 0.0527. The van der Waals surface area contributed by atoms with Crippen LogP contribution in [0, 0.1) is 5.41 Å². The summed E-state index contributed by atoms with van der Waals surface area (Å²) in [6.45, 7) is 0. The van der Waals surface area contributed by atoms with Crippen molar-refractivity contribution < 1.29 is 4.79 Å². The molecule has 0 N–H and O–H groups in total. The Morgan fingerprint density at radius 2 is 1.87 bits per heavy atom. The van der Waals surface area contributed by atoms with Crippen molar-refractivity contribution >= 4 is 17.5 Å². The normalized spacial score (nSPS) is 21.9. The molecule has 0 bridgehead atoms. The van der Waals surface area contributed by atoms with Crippen LogP contribution in [-0.4, -0.2) is 5.78 Å². The van der Waals surface area contributed by atoms with Gasteiger partial charge in [-0.3, -0.25) is 4.79 Å². The monoisotopic (exact) mass is 216 g/mol. The molecule has 3 rings (SSSR count). The summed E-state index contributed by atoms with van der Waals surface area (Å²) in [7, 11) is 0. The molecule has 15 heavy (non-hydrogen) atoms. The van der Waals surface area contributed by atoms with Gasteiger partial charge in [0, 0.05) is 10.3 Å². The molecule has 1 nitrogen and oxygen atoms in total. The summed E-state index contributed by atoms with van der Waals surface area (Å²) in [5.41, 5.74) is 0.0527. The van der Waals surface area contributed by atoms with E-state index in [9.17, 15) is 4.79 Å². The first-order valence-corrected chi connectivity index (χ1v) is 6.10. The number of benzene rings is 1. The molecule has 1 aromatic carbocycles. The average molecular weight is 216 g/mol. The maximum atomic E-state index is 12.0. The molecule has 76 valence electrons. The molecule has 2 aliphatic rings. The summed E-state index contributed by atoms with van der Waals surface area (Å²) in [4.78, 5) is 14.1. The second-order valence-electron chi connectivity index (χ2n) is 4.30. The fraction of sp³-hybridized carbons (Fsp3) is 0.308. The lowest BCUT2D eigenvalue weighted by atomic mass is 10.0. The molecule has 0 radical (unpaired) electrons. The fourth-order valence-electron chi connectivity index (χ4n) is 2.02. The lowest BCUT2D eigenvalue weighted by Gasteiger charge is -2.04. The van der Waals surface area contributed by atoms with Gasteiger partial charge in [0.25, 0.3) is 0 Å². The number of ketones is 1. The largest absolute Gasteiger partial charge is 0.293 e. The van der Waals surface area contributed by atoms with E-state index in [2.05, 4.69) is 18.2 Å². The van der Waals surface area contributed by atoms with Gasteiger partial charge in [-0.25, -0.2) is 0 Å². The van der Waals surface area contributed by atoms with Crippen LogP contribution in [0.5, 0.6) is 0 Å². The van der Waals surface area contributed by atoms with Gasteiger partial charge in [0.15, 0.2) is 5.78 Å². The first-order valence-electron chi connectivity index (χ1n) is 5.28. The van der Waals surface area contributed by atoms with Gasteiger partial charge < -0.3 is 0 Å². The van der Waals surface area contributed by atoms with E-state index in [-0.39, 0.29) is 5.41 Å². The highest BCUT2D eigenvalue weighted by Gasteiger charge is 2.52. The number of allylic oxidation sites excluding steroid dienone is 2. The molecule has 1 saturated carbocycles. The van der Waals surface area contributed by atoms with Crippen LogP contribution in [0.15, 0.2) is 46.2 Å². The summed E-state index contributed by atoms with van der Waals surface area (Å²) < 4.78 is 0. The van der Waals surface area contributed by atoms with Crippen LogP contribution in [0.25, 0.3) is 0 Å². The molecule has 0 atom stereocenters. The number of Topliss-reactive ketones (excluding diaryl/α,β-unsaturated/α-hetero) is 1. The van der Waals surface area contributed by atoms with Gasteiger partial charge in [0.2, 0.25) is 0 Å². The van der Waals surface area contributed by atoms with Crippen molar-refractivity contribution in [2.75, 3.05) is 0 Å². The zero-order valence-corrected chi connectivity index (χ0v) is 9.22. The van der Waals surface area contributed by atoms with Crippen molar-refractivity contribution in [3.63, 3.8) is 0 Å². The highest BCUT2D eigenvalue weighted by molar-refractivity contribution is 8.04. The van der Waals surface area contributed by atoms with E-state index in [1.165, 1.54) is 0 Å². The van der Waals surface area contributed by atoms with Crippen LogP contribution in [-0.2, 0) is 4.79 Å². The average Bonchev–Trinajstić information content (AvgIpc) is 3.00. The topological polar surface area (TPSA) is 17.1 Å². The molecule has 1 fully saturated rings. The van der Waals surface area contributed by atoms with Gasteiger partial charge >= 0.3 is 0 Å². The van der Waals surface area contributed by atoms with Gasteiger partial charge in [0.05, 0.1) is 4.91 Å². The van der Waals surface area contributed by atoms with Crippen molar-refractivity contribution in [1.82, 2.24) is 0 Å². The molecule has 0 unspecified atom stereocenters. The smallest absolute Gasteiger partial charge is 0.175 e. The van der Waals surface area contributed by atoms with E-state index >= 15 is 0 Å². The molecular weight excluding hydrogens is 204 g/mol. The molecule has 2 heteroatoms. The van der Waals surface area contributed by atoms with Crippen molar-refractivity contribution in [3.8, 4) is 0 Å². The zero-order chi connectivity index (χ0) is 10.3. The SMILES string of the molecule is O=C1C(Sc2ccccc2)=CCC12CC2. The Balaban J connectivity index is 1.78. The van der Waals surface area contributed by atoms with E-state index in [4.69, 9.17) is 0 Å². The van der Waals surface area contributed by atoms with Gasteiger partial charge in [-0.15, -0.1) is 0 Å². The summed E-state index contributed by atoms with van der Waals surface area (Å²) in [5.74, 6) is 0.386. The third kappa shape index (κ3) is 1.53. The number of carbonyl (C=O) groups is 1. The van der Waals surface area contributed by atoms with E-state index in [0.717, 1.165) is 29.1 Å². The van der Waals surface area contributed by atoms with Crippen LogP contribution < -0.4 is 0 Å². The summed E-state index contributed by atoms with van der Waals surface area (Å²) in [5, 5.41) is 0. The molecule has 0 aliphatic heterocycles. The van der Waals surface area contributed by atoms with Gasteiger partial charge in [-0.1, -0.05) is 36.0 Å². The highest BCUT2D eigenvalue weighted by Crippen LogP contribution is 2.56. The molecule has 2 aliphatic carbocycles. The molecule has 0 aromatic heterocycles. The Hall–Kier alpha value is -1.02. The molecular formula is C13H12OS. The quantitative estimate of drug-likeness (QED) is 0.753. The van der Waals surface area contributed by atoms with Crippen LogP contribution in [0.2, 0.25) is 0 Å². The van der Waals surface area contributed by atoms with Gasteiger partial charge in [-0.2, -0.15) is 0 Å². The molecule has 0 heterocycles. The second kappa shape index (κ2) is 3.24. The van der Waals surface area contributed by atoms with Crippen molar-refractivity contribution in [1.29, 1.82) is 0 Å². The lowest BCUT2D eigenvalue weighted by molar-refractivity contribution is -0.118. The third-order valence-corrected chi connectivity index (χ3v) is 4.29. The number of hydrogen-bond donors (Lipinski definition) is 0. The minimum absolute atomic E-state index is 0.0527. The molecule has 0 amide bonds. The fourth-order valence-corrected chi connectivity index (χ4v) is 3.04. The standard InChI is InChI=1S/C13H12OS/c14-12-11(6-7-13(12)8-9-13)15-10-4-2-1-3-5-10/h1-6H,7-9H2. The van der Waals surface area contributed by atoms with E-state index in [1.807, 2.05) is 18.2 Å². The Morgan fingerprint density at radius 1 is 1.13 bits per heavy atom. The summed E-state index contributed by atoms with van der Waals surface area (Å²) >= 11 is 1.61. The van der Waals surface area contributed by atoms with Gasteiger partial charge in [0.1, 0.15) is 0 Å². The van der Waals surface area contributed by atoms with Crippen LogP contribution in [0.3, 0.4) is 0 Å². The molecule has 0 saturated heterocycles. The van der Waals surface area contributed by atoms with Crippen molar-refractivity contribution in [2.45, 2.75) is 24.2 Å². The highest BCUT2D eigenvalue weighted by atomic mass is 32.2. The maximum Gasteiger partial charge on any atom is 0.175 e. The van der Waals surface area contributed by atoms with Crippen LogP contribution in [0.4, 0.5) is 0 Å². The second-order valence-corrected chi connectivity index (χ2v) is 5.41. The summed E-state index contributed by atoms with van der Waals surface area (Å²) in [6.07, 6.45) is 5.29. The van der Waals surface area contributed by atoms with Crippen molar-refractivity contribution in [3.05, 3.63) is 41.3 Å². The van der Waals surface area contributed by atoms with E-state index in [1.54, 1.807) is 11.8 Å². The van der Waals surface area contributed by atoms with Crippen LogP contribution in [0.1, 0.15) is 19.3 Å². The number of thioether (sulfide) groups is 1.